The molecule has 2 amide bonds. The lowest BCUT2D eigenvalue weighted by molar-refractivity contribution is 0.252. The highest BCUT2D eigenvalue weighted by Crippen LogP contribution is 2.20. The molecule has 3 N–H and O–H groups in total. The highest BCUT2D eigenvalue weighted by molar-refractivity contribution is 5.90. The van der Waals surface area contributed by atoms with Crippen molar-refractivity contribution in [1.82, 2.24) is 5.32 Å². The zero-order valence-electron chi connectivity index (χ0n) is 13.4. The van der Waals surface area contributed by atoms with Gasteiger partial charge in [0.15, 0.2) is 0 Å². The lowest BCUT2D eigenvalue weighted by Gasteiger charge is -2.11. The third-order valence-electron chi connectivity index (χ3n) is 3.59. The van der Waals surface area contributed by atoms with E-state index in [0.29, 0.717) is 6.54 Å². The van der Waals surface area contributed by atoms with Gasteiger partial charge in [-0.25, -0.2) is 4.79 Å². The predicted molar refractivity (Wildman–Crippen MR) is 90.8 cm³/mol. The second-order valence-corrected chi connectivity index (χ2v) is 5.29. The van der Waals surface area contributed by atoms with Crippen LogP contribution in [0.5, 0.6) is 5.75 Å². The highest BCUT2D eigenvalue weighted by Gasteiger charge is 2.05. The number of carbonyl (C=O) groups excluding carboxylic acids is 1. The van der Waals surface area contributed by atoms with Crippen LogP contribution >= 0.6 is 0 Å². The number of nitrogens with one attached hydrogen (secondary N) is 2. The molecule has 0 spiro atoms. The molecule has 0 aromatic heterocycles. The van der Waals surface area contributed by atoms with Crippen molar-refractivity contribution in [3.05, 3.63) is 59.2 Å². The first kappa shape index (κ1) is 16.8. The summed E-state index contributed by atoms with van der Waals surface area (Å²) in [6, 6.07) is 13.0. The van der Waals surface area contributed by atoms with Gasteiger partial charge in [0.05, 0.1) is 13.7 Å². The molecule has 5 nitrogen and oxygen atoms in total. The van der Waals surface area contributed by atoms with Crippen molar-refractivity contribution in [2.24, 2.45) is 0 Å². The molecule has 5 heteroatoms. The average molecular weight is 314 g/mol. The fourth-order valence-electron chi connectivity index (χ4n) is 2.20. The van der Waals surface area contributed by atoms with Crippen LogP contribution in [0, 0.1) is 6.92 Å². The van der Waals surface area contributed by atoms with E-state index in [4.69, 9.17) is 9.84 Å². The molecule has 0 aliphatic heterocycles. The first-order valence-corrected chi connectivity index (χ1v) is 7.50. The van der Waals surface area contributed by atoms with E-state index in [1.807, 2.05) is 49.4 Å². The molecule has 0 radical (unpaired) electrons. The van der Waals surface area contributed by atoms with Crippen LogP contribution in [-0.2, 0) is 13.0 Å². The van der Waals surface area contributed by atoms with Gasteiger partial charge in [-0.2, -0.15) is 0 Å². The van der Waals surface area contributed by atoms with Crippen molar-refractivity contribution in [3.63, 3.8) is 0 Å². The summed E-state index contributed by atoms with van der Waals surface area (Å²) in [5.41, 5.74) is 3.70. The number of anilines is 1. The van der Waals surface area contributed by atoms with E-state index in [0.717, 1.165) is 34.5 Å². The number of hydrogen-bond acceptors (Lipinski definition) is 3. The number of urea groups is 1. The molecular formula is C18H22N2O3. The van der Waals surface area contributed by atoms with Crippen LogP contribution in [0.25, 0.3) is 0 Å². The number of amides is 2. The number of hydrogen-bond donors (Lipinski definition) is 3. The number of aryl methyl sites for hydroxylation is 1. The minimum atomic E-state index is -0.231. The van der Waals surface area contributed by atoms with Crippen molar-refractivity contribution in [2.75, 3.05) is 19.0 Å². The second-order valence-electron chi connectivity index (χ2n) is 5.29. The minimum absolute atomic E-state index is 0.0438. The molecule has 0 saturated carbocycles. The van der Waals surface area contributed by atoms with Gasteiger partial charge in [0.2, 0.25) is 0 Å². The van der Waals surface area contributed by atoms with E-state index in [1.165, 1.54) is 0 Å². The number of methoxy groups -OCH3 is 1. The van der Waals surface area contributed by atoms with Crippen LogP contribution in [0.2, 0.25) is 0 Å². The maximum atomic E-state index is 11.9. The first-order chi connectivity index (χ1) is 11.1. The molecule has 2 rings (SSSR count). The molecule has 0 unspecified atom stereocenters. The van der Waals surface area contributed by atoms with Crippen LogP contribution in [0.1, 0.15) is 16.7 Å². The number of aliphatic hydroxyl groups excluding tert-OH is 1. The molecular weight excluding hydrogens is 292 g/mol. The Labute approximate surface area is 136 Å². The maximum Gasteiger partial charge on any atom is 0.319 e. The van der Waals surface area contributed by atoms with Crippen LogP contribution in [0.15, 0.2) is 42.5 Å². The van der Waals surface area contributed by atoms with Crippen LogP contribution in [0.3, 0.4) is 0 Å². The quantitative estimate of drug-likeness (QED) is 0.768. The van der Waals surface area contributed by atoms with Crippen molar-refractivity contribution < 1.29 is 14.6 Å². The third kappa shape index (κ3) is 5.00. The molecule has 0 aliphatic carbocycles. The van der Waals surface area contributed by atoms with Crippen LogP contribution in [0.4, 0.5) is 10.5 Å². The molecule has 0 fully saturated rings. The molecule has 0 atom stereocenters. The summed E-state index contributed by atoms with van der Waals surface area (Å²) >= 11 is 0. The number of aliphatic hydroxyl groups is 1. The van der Waals surface area contributed by atoms with Gasteiger partial charge in [-0.05, 0) is 48.2 Å². The summed E-state index contributed by atoms with van der Waals surface area (Å²) < 4.78 is 5.14. The second kappa shape index (κ2) is 8.19. The van der Waals surface area contributed by atoms with E-state index in [9.17, 15) is 4.79 Å². The first-order valence-electron chi connectivity index (χ1n) is 7.50. The zero-order valence-corrected chi connectivity index (χ0v) is 13.4. The van der Waals surface area contributed by atoms with E-state index >= 15 is 0 Å². The fourth-order valence-corrected chi connectivity index (χ4v) is 2.20. The Kier molecular flexibility index (Phi) is 6.00. The smallest absolute Gasteiger partial charge is 0.319 e. The van der Waals surface area contributed by atoms with Crippen LogP contribution < -0.4 is 15.4 Å². The summed E-state index contributed by atoms with van der Waals surface area (Å²) in [5.74, 6) is 0.764. The Bertz CT molecular complexity index is 654. The highest BCUT2D eigenvalue weighted by atomic mass is 16.5. The summed E-state index contributed by atoms with van der Waals surface area (Å²) in [7, 11) is 1.61. The lowest BCUT2D eigenvalue weighted by atomic mass is 10.1. The normalized spacial score (nSPS) is 10.2. The Morgan fingerprint density at radius 1 is 1.13 bits per heavy atom. The summed E-state index contributed by atoms with van der Waals surface area (Å²) in [6.45, 7) is 2.50. The summed E-state index contributed by atoms with van der Waals surface area (Å²) in [6.07, 6.45) is 0.737. The molecule has 0 aliphatic rings. The van der Waals surface area contributed by atoms with Gasteiger partial charge in [-0.3, -0.25) is 0 Å². The molecule has 23 heavy (non-hydrogen) atoms. The molecule has 0 saturated heterocycles. The SMILES string of the molecule is COc1ccc(NC(=O)NCCc2ccc(CO)cc2)c(C)c1. The van der Waals surface area contributed by atoms with Gasteiger partial charge in [0.1, 0.15) is 5.75 Å². The number of benzene rings is 2. The zero-order chi connectivity index (χ0) is 16.7. The van der Waals surface area contributed by atoms with E-state index < -0.39 is 0 Å². The predicted octanol–water partition coefficient (Wildman–Crippen LogP) is 2.86. The van der Waals surface area contributed by atoms with Gasteiger partial charge in [-0.15, -0.1) is 0 Å². The summed E-state index contributed by atoms with van der Waals surface area (Å²) in [4.78, 5) is 11.9. The molecule has 0 heterocycles. The van der Waals surface area contributed by atoms with Crippen molar-refractivity contribution in [1.29, 1.82) is 0 Å². The Balaban J connectivity index is 1.80. The molecule has 0 bridgehead atoms. The maximum absolute atomic E-state index is 11.9. The third-order valence-corrected chi connectivity index (χ3v) is 3.59. The number of rotatable bonds is 6. The number of ether oxygens (including phenoxy) is 1. The molecule has 122 valence electrons. The Morgan fingerprint density at radius 2 is 1.83 bits per heavy atom. The van der Waals surface area contributed by atoms with Gasteiger partial charge in [0, 0.05) is 12.2 Å². The summed E-state index contributed by atoms with van der Waals surface area (Å²) in [5, 5.41) is 14.7. The van der Waals surface area contributed by atoms with Gasteiger partial charge in [0.25, 0.3) is 0 Å². The van der Waals surface area contributed by atoms with Crippen molar-refractivity contribution in [2.45, 2.75) is 20.0 Å². The Hall–Kier alpha value is -2.53. The Morgan fingerprint density at radius 3 is 2.43 bits per heavy atom. The van der Waals surface area contributed by atoms with Gasteiger partial charge in [-0.1, -0.05) is 24.3 Å². The monoisotopic (exact) mass is 314 g/mol. The largest absolute Gasteiger partial charge is 0.497 e. The van der Waals surface area contributed by atoms with E-state index in [1.54, 1.807) is 7.11 Å². The fraction of sp³-hybridized carbons (Fsp3) is 0.278. The number of carbonyl (C=O) groups is 1. The van der Waals surface area contributed by atoms with Gasteiger partial charge < -0.3 is 20.5 Å². The van der Waals surface area contributed by atoms with E-state index in [2.05, 4.69) is 10.6 Å². The lowest BCUT2D eigenvalue weighted by Crippen LogP contribution is -2.30. The van der Waals surface area contributed by atoms with Crippen molar-refractivity contribution >= 4 is 11.7 Å². The van der Waals surface area contributed by atoms with E-state index in [-0.39, 0.29) is 12.6 Å². The van der Waals surface area contributed by atoms with Crippen LogP contribution in [-0.4, -0.2) is 24.8 Å². The topological polar surface area (TPSA) is 70.6 Å². The molecule has 2 aromatic carbocycles. The minimum Gasteiger partial charge on any atom is -0.497 e. The average Bonchev–Trinajstić information content (AvgIpc) is 2.57. The standard InChI is InChI=1S/C18H22N2O3/c1-13-11-16(23-2)7-8-17(13)20-18(22)19-10-9-14-3-5-15(12-21)6-4-14/h3-8,11,21H,9-10,12H2,1-2H3,(H2,19,20,22). The van der Waals surface area contributed by atoms with Crippen molar-refractivity contribution in [3.8, 4) is 5.75 Å². The van der Waals surface area contributed by atoms with Gasteiger partial charge >= 0.3 is 6.03 Å². The molecule has 2 aromatic rings.